The molecule has 0 bridgehead atoms. The lowest BCUT2D eigenvalue weighted by Crippen LogP contribution is -2.28. The van der Waals surface area contributed by atoms with E-state index < -0.39 is 16.7 Å². The third kappa shape index (κ3) is 2.72. The van der Waals surface area contributed by atoms with Crippen molar-refractivity contribution in [1.82, 2.24) is 10.4 Å². The molecule has 8 nitrogen and oxygen atoms in total. The molecule has 3 rings (SSSR count). The molecular formula is C12H7FN4O4S. The quantitative estimate of drug-likeness (QED) is 0.564. The van der Waals surface area contributed by atoms with E-state index in [1.807, 2.05) is 0 Å². The van der Waals surface area contributed by atoms with Gasteiger partial charge in [0, 0.05) is 0 Å². The van der Waals surface area contributed by atoms with Crippen LogP contribution in [0, 0.1) is 15.9 Å². The van der Waals surface area contributed by atoms with Crippen LogP contribution in [0.2, 0.25) is 0 Å². The molecule has 1 amide bonds. The number of nitro groups is 1. The molecule has 1 aromatic carbocycles. The summed E-state index contributed by atoms with van der Waals surface area (Å²) in [4.78, 5) is 25.6. The van der Waals surface area contributed by atoms with Gasteiger partial charge in [-0.1, -0.05) is 11.3 Å². The molecule has 0 aliphatic heterocycles. The molecule has 2 N–H and O–H groups in total. The number of hydrazine groups is 1. The number of hydrogen-bond acceptors (Lipinski definition) is 7. The Hall–Kier alpha value is -3.01. The number of carbonyl (C=O) groups is 1. The van der Waals surface area contributed by atoms with Crippen LogP contribution < -0.4 is 10.9 Å². The van der Waals surface area contributed by atoms with Crippen molar-refractivity contribution in [2.24, 2.45) is 0 Å². The monoisotopic (exact) mass is 322 g/mol. The third-order valence-corrected chi connectivity index (χ3v) is 3.56. The predicted molar refractivity (Wildman–Crippen MR) is 76.0 cm³/mol. The van der Waals surface area contributed by atoms with Crippen molar-refractivity contribution >= 4 is 38.5 Å². The number of rotatable bonds is 4. The van der Waals surface area contributed by atoms with Crippen molar-refractivity contribution in [3.05, 3.63) is 52.0 Å². The number of thiazole rings is 1. The Balaban J connectivity index is 1.70. The molecule has 0 aliphatic rings. The molecule has 22 heavy (non-hydrogen) atoms. The highest BCUT2D eigenvalue weighted by Gasteiger charge is 2.17. The highest BCUT2D eigenvalue weighted by atomic mass is 32.1. The topological polar surface area (TPSA) is 110 Å². The lowest BCUT2D eigenvalue weighted by Gasteiger charge is -2.02. The molecule has 0 radical (unpaired) electrons. The number of hydrogen-bond donors (Lipinski definition) is 2. The second-order valence-electron chi connectivity index (χ2n) is 4.11. The van der Waals surface area contributed by atoms with Gasteiger partial charge in [0.2, 0.25) is 10.9 Å². The molecule has 112 valence electrons. The Morgan fingerprint density at radius 3 is 2.91 bits per heavy atom. The number of furan rings is 1. The molecule has 2 aromatic heterocycles. The third-order valence-electron chi connectivity index (χ3n) is 2.63. The van der Waals surface area contributed by atoms with Gasteiger partial charge in [0.15, 0.2) is 0 Å². The summed E-state index contributed by atoms with van der Waals surface area (Å²) in [6.07, 6.45) is 0. The van der Waals surface area contributed by atoms with E-state index in [1.165, 1.54) is 24.3 Å². The fraction of sp³-hybridized carbons (Fsp3) is 0. The maximum Gasteiger partial charge on any atom is 0.433 e. The van der Waals surface area contributed by atoms with Crippen LogP contribution in [0.1, 0.15) is 10.6 Å². The van der Waals surface area contributed by atoms with Crippen molar-refractivity contribution in [2.75, 3.05) is 5.43 Å². The maximum atomic E-state index is 13.1. The number of aromatic nitrogens is 1. The summed E-state index contributed by atoms with van der Waals surface area (Å²) in [6.45, 7) is 0. The van der Waals surface area contributed by atoms with Crippen molar-refractivity contribution in [3.63, 3.8) is 0 Å². The first-order valence-electron chi connectivity index (χ1n) is 5.89. The number of benzene rings is 1. The van der Waals surface area contributed by atoms with E-state index in [0.29, 0.717) is 15.3 Å². The summed E-state index contributed by atoms with van der Waals surface area (Å²) in [5.74, 6) is -1.82. The minimum absolute atomic E-state index is 0.216. The smallest absolute Gasteiger partial charge is 0.395 e. The van der Waals surface area contributed by atoms with Crippen LogP contribution in [0.3, 0.4) is 0 Å². The van der Waals surface area contributed by atoms with Crippen LogP contribution in [-0.4, -0.2) is 15.8 Å². The Morgan fingerprint density at radius 2 is 2.18 bits per heavy atom. The van der Waals surface area contributed by atoms with E-state index in [4.69, 9.17) is 4.42 Å². The van der Waals surface area contributed by atoms with Crippen LogP contribution in [0.5, 0.6) is 0 Å². The average molecular weight is 322 g/mol. The number of halogens is 1. The summed E-state index contributed by atoms with van der Waals surface area (Å²) >= 11 is 1.14. The van der Waals surface area contributed by atoms with Crippen LogP contribution in [0.15, 0.2) is 34.7 Å². The Morgan fingerprint density at radius 1 is 1.36 bits per heavy atom. The van der Waals surface area contributed by atoms with E-state index in [0.717, 1.165) is 17.4 Å². The van der Waals surface area contributed by atoms with Gasteiger partial charge in [0.05, 0.1) is 16.3 Å². The fourth-order valence-corrected chi connectivity index (χ4v) is 2.52. The lowest BCUT2D eigenvalue weighted by molar-refractivity contribution is -0.402. The van der Waals surface area contributed by atoms with Crippen molar-refractivity contribution < 1.29 is 18.5 Å². The minimum Gasteiger partial charge on any atom is -0.395 e. The number of fused-ring (bicyclic) bond motifs is 1. The number of anilines is 1. The van der Waals surface area contributed by atoms with Gasteiger partial charge in [-0.15, -0.1) is 0 Å². The molecule has 10 heteroatoms. The van der Waals surface area contributed by atoms with Gasteiger partial charge in [0.1, 0.15) is 10.7 Å². The molecule has 3 aromatic rings. The van der Waals surface area contributed by atoms with Gasteiger partial charge < -0.3 is 4.42 Å². The first kappa shape index (κ1) is 13.9. The Kier molecular flexibility index (Phi) is 3.43. The number of carbonyl (C=O) groups excluding carboxylic acids is 1. The van der Waals surface area contributed by atoms with Gasteiger partial charge >= 0.3 is 11.8 Å². The Labute approximate surface area is 125 Å². The van der Waals surface area contributed by atoms with Gasteiger partial charge in [-0.3, -0.25) is 25.8 Å². The fourth-order valence-electron chi connectivity index (χ4n) is 1.67. The van der Waals surface area contributed by atoms with Gasteiger partial charge in [-0.2, -0.15) is 0 Å². The highest BCUT2D eigenvalue weighted by molar-refractivity contribution is 7.22. The summed E-state index contributed by atoms with van der Waals surface area (Å²) in [6, 6.07) is 6.39. The summed E-state index contributed by atoms with van der Waals surface area (Å²) < 4.78 is 18.4. The predicted octanol–water partition coefficient (Wildman–Crippen LogP) is 2.69. The second-order valence-corrected chi connectivity index (χ2v) is 5.14. The van der Waals surface area contributed by atoms with Crippen LogP contribution in [0.25, 0.3) is 10.2 Å². The molecule has 0 saturated heterocycles. The van der Waals surface area contributed by atoms with Crippen LogP contribution in [0.4, 0.5) is 15.4 Å². The average Bonchev–Trinajstić information content (AvgIpc) is 3.10. The van der Waals surface area contributed by atoms with Gasteiger partial charge in [-0.25, -0.2) is 9.37 Å². The molecule has 2 heterocycles. The normalized spacial score (nSPS) is 10.6. The molecule has 0 aliphatic carbocycles. The molecule has 0 atom stereocenters. The summed E-state index contributed by atoms with van der Waals surface area (Å²) in [5, 5.41) is 10.8. The van der Waals surface area contributed by atoms with Crippen molar-refractivity contribution in [3.8, 4) is 0 Å². The maximum absolute atomic E-state index is 13.1. The van der Waals surface area contributed by atoms with E-state index in [2.05, 4.69) is 15.8 Å². The number of nitrogens with one attached hydrogen (secondary N) is 2. The number of amides is 1. The van der Waals surface area contributed by atoms with E-state index >= 15 is 0 Å². The molecule has 0 saturated carbocycles. The molecule has 0 fully saturated rings. The zero-order valence-electron chi connectivity index (χ0n) is 10.7. The lowest BCUT2D eigenvalue weighted by atomic mass is 10.3. The zero-order valence-corrected chi connectivity index (χ0v) is 11.5. The molecule has 0 unspecified atom stereocenters. The standard InChI is InChI=1S/C12H7FN4O4S/c13-6-1-2-7-9(5-6)22-12(14-7)16-15-11(18)8-3-4-10(21-8)17(19)20/h1-5H,(H,14,16)(H,15,18). The molecule has 0 spiro atoms. The SMILES string of the molecule is O=C(NNc1nc2ccc(F)cc2s1)c1ccc([N+](=O)[O-])o1. The zero-order chi connectivity index (χ0) is 15.7. The summed E-state index contributed by atoms with van der Waals surface area (Å²) in [5.41, 5.74) is 5.42. The first-order valence-corrected chi connectivity index (χ1v) is 6.71. The second kappa shape index (κ2) is 5.41. The van der Waals surface area contributed by atoms with Crippen molar-refractivity contribution in [2.45, 2.75) is 0 Å². The largest absolute Gasteiger partial charge is 0.433 e. The highest BCUT2D eigenvalue weighted by Crippen LogP contribution is 2.26. The summed E-state index contributed by atoms with van der Waals surface area (Å²) in [7, 11) is 0. The molecular weight excluding hydrogens is 315 g/mol. The first-order chi connectivity index (χ1) is 10.5. The van der Waals surface area contributed by atoms with Crippen LogP contribution in [-0.2, 0) is 0 Å². The van der Waals surface area contributed by atoms with E-state index in [-0.39, 0.29) is 11.6 Å². The van der Waals surface area contributed by atoms with Gasteiger partial charge in [0.25, 0.3) is 0 Å². The Bertz CT molecular complexity index is 875. The van der Waals surface area contributed by atoms with Gasteiger partial charge in [-0.05, 0) is 24.3 Å². The minimum atomic E-state index is -0.744. The van der Waals surface area contributed by atoms with E-state index in [9.17, 15) is 19.3 Å². The number of nitrogens with zero attached hydrogens (tertiary/aromatic N) is 2. The van der Waals surface area contributed by atoms with Crippen molar-refractivity contribution in [1.29, 1.82) is 0 Å². The van der Waals surface area contributed by atoms with Crippen LogP contribution >= 0.6 is 11.3 Å². The van der Waals surface area contributed by atoms with E-state index in [1.54, 1.807) is 0 Å².